The van der Waals surface area contributed by atoms with E-state index in [1.165, 1.54) is 12.1 Å². The third-order valence-electron chi connectivity index (χ3n) is 4.97. The van der Waals surface area contributed by atoms with Crippen LogP contribution in [0.25, 0.3) is 11.5 Å². The minimum Gasteiger partial charge on any atom is -0.454 e. The lowest BCUT2D eigenvalue weighted by molar-refractivity contribution is 0.174. The molecule has 1 aromatic heterocycles. The highest BCUT2D eigenvalue weighted by molar-refractivity contribution is 9.10. The predicted molar refractivity (Wildman–Crippen MR) is 126 cm³/mol. The minimum absolute atomic E-state index is 0.0190. The second-order valence-corrected chi connectivity index (χ2v) is 10.3. The Morgan fingerprint density at radius 3 is 2.55 bits per heavy atom. The molecule has 0 radical (unpaired) electrons. The van der Waals surface area contributed by atoms with Gasteiger partial charge in [0.25, 0.3) is 0 Å². The number of hydrogen-bond acceptors (Lipinski definition) is 7. The molecule has 0 atom stereocenters. The summed E-state index contributed by atoms with van der Waals surface area (Å²) in [5.74, 6) is 1.42. The first-order valence-electron chi connectivity index (χ1n) is 9.80. The zero-order valence-corrected chi connectivity index (χ0v) is 20.1. The molecule has 5 rings (SSSR count). The van der Waals surface area contributed by atoms with Crippen LogP contribution < -0.4 is 14.8 Å². The number of hydrogen-bond donors (Lipinski definition) is 1. The summed E-state index contributed by atoms with van der Waals surface area (Å²) < 4.78 is 44.2. The van der Waals surface area contributed by atoms with Crippen molar-refractivity contribution in [3.05, 3.63) is 81.8 Å². The highest BCUT2D eigenvalue weighted by Crippen LogP contribution is 2.36. The second-order valence-electron chi connectivity index (χ2n) is 7.13. The molecule has 0 unspecified atom stereocenters. The third kappa shape index (κ3) is 4.31. The molecule has 33 heavy (non-hydrogen) atoms. The first-order chi connectivity index (χ1) is 15.9. The van der Waals surface area contributed by atoms with E-state index in [-0.39, 0.29) is 35.0 Å². The van der Waals surface area contributed by atoms with E-state index in [0.717, 1.165) is 10.0 Å². The molecule has 0 amide bonds. The molecule has 0 fully saturated rings. The normalized spacial score (nSPS) is 12.7. The van der Waals surface area contributed by atoms with Crippen LogP contribution in [0.5, 0.6) is 11.5 Å². The fraction of sp³-hybridized carbons (Fsp3) is 0.0870. The van der Waals surface area contributed by atoms with Gasteiger partial charge in [0.2, 0.25) is 33.4 Å². The number of fused-ring (bicyclic) bond motifs is 1. The second kappa shape index (κ2) is 8.74. The summed E-state index contributed by atoms with van der Waals surface area (Å²) in [4.78, 5) is 4.42. The van der Waals surface area contributed by atoms with Gasteiger partial charge in [-0.2, -0.15) is 4.98 Å². The number of nitrogens with one attached hydrogen (secondary N) is 1. The summed E-state index contributed by atoms with van der Waals surface area (Å²) in [5.41, 5.74) is 1.34. The topological polar surface area (TPSA) is 90.7 Å². The number of oxazole rings is 1. The molecule has 3 aromatic carbocycles. The highest BCUT2D eigenvalue weighted by Gasteiger charge is 2.29. The summed E-state index contributed by atoms with van der Waals surface area (Å²) in [6, 6.07) is 18.7. The molecule has 0 saturated heterocycles. The van der Waals surface area contributed by atoms with Crippen molar-refractivity contribution in [1.82, 2.24) is 4.98 Å². The van der Waals surface area contributed by atoms with Crippen molar-refractivity contribution in [2.24, 2.45) is 0 Å². The molecular formula is C23H16BrClN2O5S. The van der Waals surface area contributed by atoms with E-state index >= 15 is 0 Å². The van der Waals surface area contributed by atoms with Gasteiger partial charge in [-0.1, -0.05) is 45.7 Å². The summed E-state index contributed by atoms with van der Waals surface area (Å²) in [6.45, 7) is 0.446. The van der Waals surface area contributed by atoms with E-state index in [0.29, 0.717) is 22.1 Å². The Morgan fingerprint density at radius 2 is 1.76 bits per heavy atom. The van der Waals surface area contributed by atoms with Crippen LogP contribution in [-0.2, 0) is 16.4 Å². The summed E-state index contributed by atoms with van der Waals surface area (Å²) in [7, 11) is -3.98. The fourth-order valence-electron chi connectivity index (χ4n) is 3.31. The van der Waals surface area contributed by atoms with Gasteiger partial charge < -0.3 is 19.2 Å². The molecule has 4 aromatic rings. The Kier molecular flexibility index (Phi) is 5.77. The number of halogens is 2. The molecule has 1 aliphatic rings. The average Bonchev–Trinajstić information content (AvgIpc) is 3.45. The number of rotatable bonds is 6. The van der Waals surface area contributed by atoms with E-state index < -0.39 is 9.84 Å². The van der Waals surface area contributed by atoms with Gasteiger partial charge in [0.05, 0.1) is 15.5 Å². The maximum Gasteiger partial charge on any atom is 0.234 e. The van der Waals surface area contributed by atoms with E-state index in [2.05, 4.69) is 26.2 Å². The summed E-state index contributed by atoms with van der Waals surface area (Å²) in [5, 5.41) is 3.24. The van der Waals surface area contributed by atoms with Gasteiger partial charge in [-0.05, 0) is 54.1 Å². The zero-order valence-electron chi connectivity index (χ0n) is 16.9. The Morgan fingerprint density at radius 1 is 1.00 bits per heavy atom. The molecule has 7 nitrogen and oxygen atoms in total. The molecule has 168 valence electrons. The third-order valence-corrected chi connectivity index (χ3v) is 7.51. The number of anilines is 1. The van der Waals surface area contributed by atoms with Gasteiger partial charge in [-0.15, -0.1) is 0 Å². The molecule has 0 spiro atoms. The van der Waals surface area contributed by atoms with Crippen LogP contribution in [0.2, 0.25) is 5.02 Å². The monoisotopic (exact) mass is 546 g/mol. The van der Waals surface area contributed by atoms with Crippen LogP contribution in [0.4, 0.5) is 5.88 Å². The smallest absolute Gasteiger partial charge is 0.234 e. The Hall–Kier alpha value is -3.01. The van der Waals surface area contributed by atoms with Gasteiger partial charge in [0, 0.05) is 11.0 Å². The van der Waals surface area contributed by atoms with Crippen LogP contribution in [-0.4, -0.2) is 20.2 Å². The standard InChI is InChI=1S/C23H16BrClN2O5S/c24-15-6-8-16(9-7-15)33(28,29)23-22(32-21(27-23)17-3-1-2-4-18(17)25)26-12-14-5-10-19-20(11-14)31-13-30-19/h1-11,26H,12-13H2. The largest absolute Gasteiger partial charge is 0.454 e. The van der Waals surface area contributed by atoms with Crippen molar-refractivity contribution >= 4 is 43.3 Å². The van der Waals surface area contributed by atoms with Crippen molar-refractivity contribution in [2.75, 3.05) is 12.1 Å². The van der Waals surface area contributed by atoms with Crippen LogP contribution >= 0.6 is 27.5 Å². The molecule has 1 aliphatic heterocycles. The van der Waals surface area contributed by atoms with Crippen molar-refractivity contribution in [3.8, 4) is 23.0 Å². The van der Waals surface area contributed by atoms with Gasteiger partial charge in [-0.3, -0.25) is 0 Å². The Balaban J connectivity index is 1.54. The average molecular weight is 548 g/mol. The quantitative estimate of drug-likeness (QED) is 0.320. The van der Waals surface area contributed by atoms with Gasteiger partial charge in [-0.25, -0.2) is 8.42 Å². The van der Waals surface area contributed by atoms with Gasteiger partial charge >= 0.3 is 0 Å². The van der Waals surface area contributed by atoms with Crippen molar-refractivity contribution < 1.29 is 22.3 Å². The lowest BCUT2D eigenvalue weighted by Crippen LogP contribution is -2.07. The van der Waals surface area contributed by atoms with E-state index in [1.54, 1.807) is 42.5 Å². The molecule has 10 heteroatoms. The number of aromatic nitrogens is 1. The first-order valence-corrected chi connectivity index (χ1v) is 12.5. The van der Waals surface area contributed by atoms with Crippen molar-refractivity contribution in [1.29, 1.82) is 0 Å². The van der Waals surface area contributed by atoms with Crippen molar-refractivity contribution in [3.63, 3.8) is 0 Å². The zero-order chi connectivity index (χ0) is 23.0. The maximum absolute atomic E-state index is 13.4. The van der Waals surface area contributed by atoms with Crippen LogP contribution in [0.3, 0.4) is 0 Å². The highest BCUT2D eigenvalue weighted by atomic mass is 79.9. The summed E-state index contributed by atoms with van der Waals surface area (Å²) in [6.07, 6.45) is 0. The van der Waals surface area contributed by atoms with Crippen molar-refractivity contribution in [2.45, 2.75) is 16.5 Å². The number of nitrogens with zero attached hydrogens (tertiary/aromatic N) is 1. The van der Waals surface area contributed by atoms with Crippen LogP contribution in [0.15, 0.2) is 85.5 Å². The van der Waals surface area contributed by atoms with E-state index in [4.69, 9.17) is 25.5 Å². The lowest BCUT2D eigenvalue weighted by atomic mass is 10.2. The van der Waals surface area contributed by atoms with E-state index in [1.807, 2.05) is 12.1 Å². The molecule has 0 saturated carbocycles. The van der Waals surface area contributed by atoms with Crippen LogP contribution in [0.1, 0.15) is 5.56 Å². The van der Waals surface area contributed by atoms with Gasteiger partial charge in [0.15, 0.2) is 11.5 Å². The lowest BCUT2D eigenvalue weighted by Gasteiger charge is -2.07. The number of sulfone groups is 1. The first kappa shape index (κ1) is 21.8. The number of ether oxygens (including phenoxy) is 2. The van der Waals surface area contributed by atoms with Crippen LogP contribution in [0, 0.1) is 0 Å². The Labute approximate surface area is 203 Å². The van der Waals surface area contributed by atoms with E-state index in [9.17, 15) is 8.42 Å². The maximum atomic E-state index is 13.4. The Bertz CT molecular complexity index is 1440. The molecule has 2 heterocycles. The predicted octanol–water partition coefficient (Wildman–Crippen LogP) is 5.93. The molecule has 0 bridgehead atoms. The minimum atomic E-state index is -3.98. The molecular weight excluding hydrogens is 532 g/mol. The summed E-state index contributed by atoms with van der Waals surface area (Å²) >= 11 is 9.62. The molecule has 0 aliphatic carbocycles. The fourth-order valence-corrected chi connectivity index (χ4v) is 5.07. The number of benzene rings is 3. The molecule has 1 N–H and O–H groups in total. The van der Waals surface area contributed by atoms with Gasteiger partial charge in [0.1, 0.15) is 0 Å². The SMILES string of the molecule is O=S(=O)(c1ccc(Br)cc1)c1nc(-c2ccccc2Cl)oc1NCc1ccc2c(c1)OCO2.